The molecule has 2 aliphatic rings. The fraction of sp³-hybridized carbons (Fsp3) is 0.471. The molecule has 1 aromatic heterocycles. The van der Waals surface area contributed by atoms with Crippen LogP contribution in [0.15, 0.2) is 45.8 Å². The van der Waals surface area contributed by atoms with Crippen LogP contribution in [0.25, 0.3) is 0 Å². The van der Waals surface area contributed by atoms with Gasteiger partial charge >= 0.3 is 0 Å². The summed E-state index contributed by atoms with van der Waals surface area (Å²) in [6, 6.07) is 10.4. The predicted octanol–water partition coefficient (Wildman–Crippen LogP) is 1.40. The van der Waals surface area contributed by atoms with E-state index in [9.17, 15) is 8.42 Å². The quantitative estimate of drug-likeness (QED) is 0.855. The van der Waals surface area contributed by atoms with Gasteiger partial charge in [-0.25, -0.2) is 8.42 Å². The van der Waals surface area contributed by atoms with E-state index in [2.05, 4.69) is 16.0 Å². The molecule has 25 heavy (non-hydrogen) atoms. The number of nitrogens with zero attached hydrogens (tertiary/aromatic N) is 2. The first-order chi connectivity index (χ1) is 12.1. The molecule has 0 spiro atoms. The van der Waals surface area contributed by atoms with E-state index in [1.807, 2.05) is 19.1 Å². The Morgan fingerprint density at radius 1 is 1.28 bits per heavy atom. The Kier molecular flexibility index (Phi) is 4.36. The number of hydrogen-bond donors (Lipinski definition) is 2. The first-order valence-electron chi connectivity index (χ1n) is 8.56. The maximum atomic E-state index is 13.1. The van der Waals surface area contributed by atoms with E-state index in [0.717, 1.165) is 24.3 Å². The topological polar surface area (TPSA) is 87.5 Å². The van der Waals surface area contributed by atoms with Gasteiger partial charge < -0.3 is 4.52 Å². The van der Waals surface area contributed by atoms with Crippen molar-refractivity contribution < 1.29 is 12.9 Å². The van der Waals surface area contributed by atoms with Crippen LogP contribution in [0.1, 0.15) is 30.2 Å². The first-order valence-corrected chi connectivity index (χ1v) is 10.00. The average Bonchev–Trinajstić information content (AvgIpc) is 3.34. The molecule has 134 valence electrons. The lowest BCUT2D eigenvalue weighted by atomic mass is 9.92. The van der Waals surface area contributed by atoms with Crippen molar-refractivity contribution in [3.05, 3.63) is 47.9 Å². The van der Waals surface area contributed by atoms with E-state index >= 15 is 0 Å². The highest BCUT2D eigenvalue weighted by molar-refractivity contribution is 7.89. The summed E-state index contributed by atoms with van der Waals surface area (Å²) < 4.78 is 33.3. The van der Waals surface area contributed by atoms with Crippen molar-refractivity contribution >= 4 is 10.0 Å². The van der Waals surface area contributed by atoms with Crippen LogP contribution in [0.5, 0.6) is 0 Å². The van der Waals surface area contributed by atoms with Crippen LogP contribution in [-0.2, 0) is 10.0 Å². The highest BCUT2D eigenvalue weighted by Crippen LogP contribution is 2.34. The number of benzene rings is 1. The van der Waals surface area contributed by atoms with Crippen LogP contribution >= 0.6 is 0 Å². The Morgan fingerprint density at radius 2 is 2.08 bits per heavy atom. The van der Waals surface area contributed by atoms with Crippen molar-refractivity contribution in [3.63, 3.8) is 0 Å². The minimum absolute atomic E-state index is 0.0478. The molecule has 4 rings (SSSR count). The summed E-state index contributed by atoms with van der Waals surface area (Å²) in [6.45, 7) is 3.12. The van der Waals surface area contributed by atoms with Crippen LogP contribution in [0.2, 0.25) is 0 Å². The van der Waals surface area contributed by atoms with Gasteiger partial charge in [0, 0.05) is 31.2 Å². The van der Waals surface area contributed by atoms with Crippen molar-refractivity contribution in [2.24, 2.45) is 0 Å². The summed E-state index contributed by atoms with van der Waals surface area (Å²) >= 11 is 0. The van der Waals surface area contributed by atoms with Crippen LogP contribution in [-0.4, -0.2) is 43.1 Å². The predicted molar refractivity (Wildman–Crippen MR) is 92.3 cm³/mol. The second-order valence-corrected chi connectivity index (χ2v) is 8.56. The summed E-state index contributed by atoms with van der Waals surface area (Å²) in [5.74, 6) is 0.849. The molecule has 2 saturated heterocycles. The Labute approximate surface area is 147 Å². The van der Waals surface area contributed by atoms with Gasteiger partial charge in [0.2, 0.25) is 10.0 Å². The van der Waals surface area contributed by atoms with Gasteiger partial charge in [0.15, 0.2) is 0 Å². The van der Waals surface area contributed by atoms with Crippen molar-refractivity contribution in [2.45, 2.75) is 42.7 Å². The Bertz CT molecular complexity index is 837. The minimum atomic E-state index is -3.51. The van der Waals surface area contributed by atoms with E-state index in [-0.39, 0.29) is 18.0 Å². The lowest BCUT2D eigenvalue weighted by molar-refractivity contribution is 0.278. The number of nitrogens with one attached hydrogen (secondary N) is 2. The largest absolute Gasteiger partial charge is 0.361 e. The molecule has 8 heteroatoms. The second kappa shape index (κ2) is 6.53. The smallest absolute Gasteiger partial charge is 0.243 e. The molecule has 7 nitrogen and oxygen atoms in total. The molecular weight excluding hydrogens is 340 g/mol. The molecular formula is C17H22N4O3S. The summed E-state index contributed by atoms with van der Waals surface area (Å²) in [5.41, 5.74) is 7.26. The zero-order valence-electron chi connectivity index (χ0n) is 14.1. The summed E-state index contributed by atoms with van der Waals surface area (Å²) in [4.78, 5) is 0.347. The number of hydrogen-bond acceptors (Lipinski definition) is 6. The molecule has 0 radical (unpaired) electrons. The van der Waals surface area contributed by atoms with E-state index in [1.54, 1.807) is 28.6 Å². The summed E-state index contributed by atoms with van der Waals surface area (Å²) in [6.07, 6.45) is 1.69. The Hall–Kier alpha value is -1.74. The van der Waals surface area contributed by atoms with Gasteiger partial charge in [0.25, 0.3) is 0 Å². The fourth-order valence-electron chi connectivity index (χ4n) is 3.87. The third-order valence-corrected chi connectivity index (χ3v) is 6.99. The molecule has 0 bridgehead atoms. The van der Waals surface area contributed by atoms with E-state index in [1.165, 1.54) is 0 Å². The van der Waals surface area contributed by atoms with Crippen molar-refractivity contribution in [3.8, 4) is 0 Å². The first kappa shape index (κ1) is 16.7. The monoisotopic (exact) mass is 362 g/mol. The average molecular weight is 362 g/mol. The number of aromatic nitrogens is 1. The second-order valence-electron chi connectivity index (χ2n) is 6.67. The number of sulfonamides is 1. The molecule has 3 atom stereocenters. The minimum Gasteiger partial charge on any atom is -0.361 e. The van der Waals surface area contributed by atoms with Crippen LogP contribution in [0, 0.1) is 6.92 Å². The molecule has 3 unspecified atom stereocenters. The molecule has 1 aromatic carbocycles. The molecule has 2 N–H and O–H groups in total. The number of hydrazine groups is 1. The highest BCUT2D eigenvalue weighted by Gasteiger charge is 2.45. The zero-order chi connectivity index (χ0) is 17.4. The zero-order valence-corrected chi connectivity index (χ0v) is 14.9. The maximum Gasteiger partial charge on any atom is 0.243 e. The highest BCUT2D eigenvalue weighted by atomic mass is 32.2. The molecule has 2 fully saturated rings. The summed E-state index contributed by atoms with van der Waals surface area (Å²) in [7, 11) is -3.51. The molecule has 3 heterocycles. The van der Waals surface area contributed by atoms with Gasteiger partial charge in [-0.2, -0.15) is 4.31 Å². The third kappa shape index (κ3) is 2.99. The maximum absolute atomic E-state index is 13.1. The molecule has 2 aromatic rings. The van der Waals surface area contributed by atoms with Gasteiger partial charge in [-0.3, -0.25) is 10.9 Å². The lowest BCUT2D eigenvalue weighted by Crippen LogP contribution is -2.49. The van der Waals surface area contributed by atoms with Crippen molar-refractivity contribution in [1.29, 1.82) is 0 Å². The van der Waals surface area contributed by atoms with Gasteiger partial charge in [-0.05, 0) is 31.9 Å². The van der Waals surface area contributed by atoms with Crippen molar-refractivity contribution in [1.82, 2.24) is 20.3 Å². The van der Waals surface area contributed by atoms with Gasteiger partial charge in [0.05, 0.1) is 16.5 Å². The van der Waals surface area contributed by atoms with Gasteiger partial charge in [-0.1, -0.05) is 23.4 Å². The number of aryl methyl sites for hydroxylation is 1. The van der Waals surface area contributed by atoms with Gasteiger partial charge in [0.1, 0.15) is 5.76 Å². The number of rotatable bonds is 4. The molecule has 0 saturated carbocycles. The standard InChI is InChI=1S/C17H22N4O3S/c1-12-10-16(24-20-12)14-11-18-19-17(14)15-8-5-9-21(15)25(22,23)13-6-3-2-4-7-13/h2-4,6-7,10,14-15,17-19H,5,8-9,11H2,1H3. The Morgan fingerprint density at radius 3 is 2.80 bits per heavy atom. The molecule has 0 aliphatic carbocycles. The van der Waals surface area contributed by atoms with Crippen molar-refractivity contribution in [2.75, 3.05) is 13.1 Å². The lowest BCUT2D eigenvalue weighted by Gasteiger charge is -2.30. The Balaban J connectivity index is 1.63. The summed E-state index contributed by atoms with van der Waals surface area (Å²) in [5, 5.41) is 3.98. The van der Waals surface area contributed by atoms with Gasteiger partial charge in [-0.15, -0.1) is 0 Å². The third-order valence-electron chi connectivity index (χ3n) is 5.05. The normalized spacial score (nSPS) is 27.8. The SMILES string of the molecule is Cc1cc(C2CNNC2C2CCCN2S(=O)(=O)c2ccccc2)on1. The molecule has 0 amide bonds. The van der Waals surface area contributed by atoms with E-state index < -0.39 is 10.0 Å². The van der Waals surface area contributed by atoms with E-state index in [4.69, 9.17) is 4.52 Å². The van der Waals surface area contributed by atoms with Crippen LogP contribution in [0.3, 0.4) is 0 Å². The van der Waals surface area contributed by atoms with E-state index in [0.29, 0.717) is 18.0 Å². The fourth-order valence-corrected chi connectivity index (χ4v) is 5.60. The van der Waals surface area contributed by atoms with Crippen LogP contribution < -0.4 is 10.9 Å². The van der Waals surface area contributed by atoms with Crippen LogP contribution in [0.4, 0.5) is 0 Å². The molecule has 2 aliphatic heterocycles.